The van der Waals surface area contributed by atoms with Gasteiger partial charge in [-0.25, -0.2) is 9.97 Å². The first-order valence-corrected chi connectivity index (χ1v) is 9.23. The number of thiophene rings is 1. The van der Waals surface area contributed by atoms with E-state index in [9.17, 15) is 4.79 Å². The number of nitrogens with zero attached hydrogens (tertiary/aromatic N) is 4. The second-order valence-corrected chi connectivity index (χ2v) is 7.13. The van der Waals surface area contributed by atoms with E-state index in [1.54, 1.807) is 12.5 Å². The Morgan fingerprint density at radius 2 is 2.08 bits per heavy atom. The molecule has 4 rings (SSSR count). The van der Waals surface area contributed by atoms with Gasteiger partial charge >= 0.3 is 0 Å². The average molecular weight is 353 g/mol. The lowest BCUT2D eigenvalue weighted by atomic mass is 10.2. The van der Waals surface area contributed by atoms with E-state index in [4.69, 9.17) is 0 Å². The number of fused-ring (bicyclic) bond motifs is 1. The first-order chi connectivity index (χ1) is 12.2. The number of nitrogens with one attached hydrogen (secondary N) is 1. The molecule has 1 fully saturated rings. The zero-order valence-corrected chi connectivity index (χ0v) is 14.8. The third-order valence-corrected chi connectivity index (χ3v) is 5.67. The predicted octanol–water partition coefficient (Wildman–Crippen LogP) is 3.24. The SMILES string of the molecule is Cc1c(C(=O)N2CCCC2)sc2ncnc(NCc3ccccn3)c12. The summed E-state index contributed by atoms with van der Waals surface area (Å²) in [6.07, 6.45) is 5.50. The highest BCUT2D eigenvalue weighted by molar-refractivity contribution is 7.20. The fourth-order valence-electron chi connectivity index (χ4n) is 3.15. The van der Waals surface area contributed by atoms with Crippen LogP contribution in [0.2, 0.25) is 0 Å². The topological polar surface area (TPSA) is 71.0 Å². The maximum atomic E-state index is 12.8. The summed E-state index contributed by atoms with van der Waals surface area (Å²) in [4.78, 5) is 29.4. The highest BCUT2D eigenvalue weighted by atomic mass is 32.1. The number of anilines is 1. The molecular weight excluding hydrogens is 334 g/mol. The summed E-state index contributed by atoms with van der Waals surface area (Å²) >= 11 is 1.46. The van der Waals surface area contributed by atoms with E-state index in [-0.39, 0.29) is 5.91 Å². The Balaban J connectivity index is 1.65. The number of aromatic nitrogens is 3. The van der Waals surface area contributed by atoms with Crippen LogP contribution in [0, 0.1) is 6.92 Å². The molecule has 1 amide bonds. The number of pyridine rings is 1. The zero-order valence-electron chi connectivity index (χ0n) is 14.0. The van der Waals surface area contributed by atoms with Crippen molar-refractivity contribution >= 4 is 33.3 Å². The van der Waals surface area contributed by atoms with Crippen LogP contribution in [0.3, 0.4) is 0 Å². The van der Waals surface area contributed by atoms with Crippen molar-refractivity contribution in [2.24, 2.45) is 0 Å². The van der Waals surface area contributed by atoms with Crippen LogP contribution < -0.4 is 5.32 Å². The van der Waals surface area contributed by atoms with Crippen molar-refractivity contribution in [3.05, 3.63) is 46.9 Å². The van der Waals surface area contributed by atoms with Gasteiger partial charge in [0.2, 0.25) is 0 Å². The molecule has 3 aromatic rings. The lowest BCUT2D eigenvalue weighted by molar-refractivity contribution is 0.0797. The Bertz CT molecular complexity index is 902. The van der Waals surface area contributed by atoms with Gasteiger partial charge in [-0.15, -0.1) is 11.3 Å². The van der Waals surface area contributed by atoms with Crippen LogP contribution in [0.5, 0.6) is 0 Å². The predicted molar refractivity (Wildman–Crippen MR) is 98.9 cm³/mol. The minimum Gasteiger partial charge on any atom is -0.364 e. The smallest absolute Gasteiger partial charge is 0.264 e. The summed E-state index contributed by atoms with van der Waals surface area (Å²) in [5.41, 5.74) is 1.90. The standard InChI is InChI=1S/C18H19N5OS/c1-12-14-16(20-10-13-6-2-3-7-19-13)21-11-22-17(14)25-15(12)18(24)23-8-4-5-9-23/h2-3,6-7,11H,4-5,8-10H2,1H3,(H,20,21,22). The Labute approximate surface area is 149 Å². The summed E-state index contributed by atoms with van der Waals surface area (Å²) in [7, 11) is 0. The van der Waals surface area contributed by atoms with Gasteiger partial charge in [0, 0.05) is 19.3 Å². The van der Waals surface area contributed by atoms with Crippen LogP contribution in [0.25, 0.3) is 10.2 Å². The highest BCUT2D eigenvalue weighted by Crippen LogP contribution is 2.34. The molecule has 0 aromatic carbocycles. The van der Waals surface area contributed by atoms with Crippen molar-refractivity contribution in [1.82, 2.24) is 19.9 Å². The molecule has 1 N–H and O–H groups in total. The molecule has 0 bridgehead atoms. The van der Waals surface area contributed by atoms with Gasteiger partial charge in [-0.2, -0.15) is 0 Å². The molecule has 0 unspecified atom stereocenters. The van der Waals surface area contributed by atoms with Gasteiger partial charge in [0.05, 0.1) is 22.5 Å². The third-order valence-electron chi connectivity index (χ3n) is 4.48. The molecule has 1 saturated heterocycles. The number of hydrogen-bond acceptors (Lipinski definition) is 6. The Morgan fingerprint density at radius 1 is 1.24 bits per heavy atom. The van der Waals surface area contributed by atoms with Crippen molar-refractivity contribution in [3.8, 4) is 0 Å². The summed E-state index contributed by atoms with van der Waals surface area (Å²) in [5, 5.41) is 4.27. The second kappa shape index (κ2) is 6.76. The molecule has 0 saturated carbocycles. The Morgan fingerprint density at radius 3 is 2.84 bits per heavy atom. The van der Waals surface area contributed by atoms with Crippen molar-refractivity contribution < 1.29 is 4.79 Å². The molecule has 0 spiro atoms. The van der Waals surface area contributed by atoms with E-state index in [0.717, 1.165) is 58.1 Å². The normalized spacial score (nSPS) is 14.2. The number of carbonyl (C=O) groups is 1. The fraction of sp³-hybridized carbons (Fsp3) is 0.333. The number of carbonyl (C=O) groups excluding carboxylic acids is 1. The molecule has 25 heavy (non-hydrogen) atoms. The van der Waals surface area contributed by atoms with E-state index in [0.29, 0.717) is 6.54 Å². The number of aryl methyl sites for hydroxylation is 1. The average Bonchev–Trinajstić information content (AvgIpc) is 3.29. The zero-order chi connectivity index (χ0) is 17.2. The molecule has 3 aromatic heterocycles. The molecule has 4 heterocycles. The van der Waals surface area contributed by atoms with Crippen LogP contribution >= 0.6 is 11.3 Å². The minimum absolute atomic E-state index is 0.119. The maximum absolute atomic E-state index is 12.8. The van der Waals surface area contributed by atoms with E-state index < -0.39 is 0 Å². The van der Waals surface area contributed by atoms with Crippen LogP contribution in [0.4, 0.5) is 5.82 Å². The number of hydrogen-bond donors (Lipinski definition) is 1. The summed E-state index contributed by atoms with van der Waals surface area (Å²) < 4.78 is 0. The molecule has 0 aliphatic carbocycles. The summed E-state index contributed by atoms with van der Waals surface area (Å²) in [6.45, 7) is 4.26. The van der Waals surface area contributed by atoms with Crippen molar-refractivity contribution in [1.29, 1.82) is 0 Å². The second-order valence-electron chi connectivity index (χ2n) is 6.13. The van der Waals surface area contributed by atoms with Crippen molar-refractivity contribution in [2.45, 2.75) is 26.3 Å². The van der Waals surface area contributed by atoms with Gasteiger partial charge in [0.1, 0.15) is 17.0 Å². The lowest BCUT2D eigenvalue weighted by Crippen LogP contribution is -2.27. The van der Waals surface area contributed by atoms with E-state index in [1.807, 2.05) is 30.0 Å². The van der Waals surface area contributed by atoms with E-state index >= 15 is 0 Å². The summed E-state index contributed by atoms with van der Waals surface area (Å²) in [5.74, 6) is 0.874. The van der Waals surface area contributed by atoms with E-state index in [2.05, 4.69) is 20.3 Å². The third kappa shape index (κ3) is 3.07. The van der Waals surface area contributed by atoms with Crippen LogP contribution in [-0.2, 0) is 6.54 Å². The highest BCUT2D eigenvalue weighted by Gasteiger charge is 2.25. The number of rotatable bonds is 4. The van der Waals surface area contributed by atoms with Gasteiger partial charge in [0.15, 0.2) is 0 Å². The van der Waals surface area contributed by atoms with Crippen molar-refractivity contribution in [3.63, 3.8) is 0 Å². The van der Waals surface area contributed by atoms with Gasteiger partial charge in [0.25, 0.3) is 5.91 Å². The molecule has 0 atom stereocenters. The molecule has 7 heteroatoms. The molecule has 128 valence electrons. The van der Waals surface area contributed by atoms with Gasteiger partial charge in [-0.3, -0.25) is 9.78 Å². The quantitative estimate of drug-likeness (QED) is 0.780. The molecular formula is C18H19N5OS. The Hall–Kier alpha value is -2.54. The number of likely N-dealkylation sites (tertiary alicyclic amines) is 1. The van der Waals surface area contributed by atoms with Gasteiger partial charge < -0.3 is 10.2 Å². The number of amides is 1. The lowest BCUT2D eigenvalue weighted by Gasteiger charge is -2.14. The van der Waals surface area contributed by atoms with E-state index in [1.165, 1.54) is 11.3 Å². The first kappa shape index (κ1) is 16.0. The molecule has 6 nitrogen and oxygen atoms in total. The molecule has 0 radical (unpaired) electrons. The van der Waals surface area contributed by atoms with Crippen molar-refractivity contribution in [2.75, 3.05) is 18.4 Å². The van der Waals surface area contributed by atoms with Crippen LogP contribution in [-0.4, -0.2) is 38.8 Å². The first-order valence-electron chi connectivity index (χ1n) is 8.41. The van der Waals surface area contributed by atoms with Gasteiger partial charge in [-0.05, 0) is 37.5 Å². The Kier molecular flexibility index (Phi) is 4.31. The minimum atomic E-state index is 0.119. The maximum Gasteiger partial charge on any atom is 0.264 e. The van der Waals surface area contributed by atoms with Gasteiger partial charge in [-0.1, -0.05) is 6.07 Å². The summed E-state index contributed by atoms with van der Waals surface area (Å²) in [6, 6.07) is 5.82. The molecule has 1 aliphatic heterocycles. The largest absolute Gasteiger partial charge is 0.364 e. The monoisotopic (exact) mass is 353 g/mol. The van der Waals surface area contributed by atoms with Crippen LogP contribution in [0.1, 0.15) is 33.8 Å². The van der Waals surface area contributed by atoms with Crippen LogP contribution in [0.15, 0.2) is 30.7 Å². The molecule has 1 aliphatic rings. The fourth-order valence-corrected chi connectivity index (χ4v) is 4.27.